The highest BCUT2D eigenvalue weighted by atomic mass is 127. The second kappa shape index (κ2) is 6.44. The zero-order valence-electron chi connectivity index (χ0n) is 8.37. The molecule has 1 heterocycles. The quantitative estimate of drug-likeness (QED) is 0.683. The lowest BCUT2D eigenvalue weighted by molar-refractivity contribution is -0.128. The summed E-state index contributed by atoms with van der Waals surface area (Å²) >= 11 is 2.32. The minimum absolute atomic E-state index is 0.431. The molecule has 0 spiro atoms. The number of rotatable bonds is 2. The number of hydrogen-bond acceptors (Lipinski definition) is 2. The highest BCUT2D eigenvalue weighted by Crippen LogP contribution is 2.18. The molecular formula is C11H12INO2. The predicted molar refractivity (Wildman–Crippen MR) is 68.7 cm³/mol. The normalized spacial score (nSPS) is 9.20. The van der Waals surface area contributed by atoms with Crippen LogP contribution in [0.15, 0.2) is 30.5 Å². The first-order chi connectivity index (χ1) is 7.29. The van der Waals surface area contributed by atoms with E-state index in [2.05, 4.69) is 50.5 Å². The van der Waals surface area contributed by atoms with E-state index < -0.39 is 0 Å². The molecule has 15 heavy (non-hydrogen) atoms. The maximum Gasteiger partial charge on any atom is 0.293 e. The van der Waals surface area contributed by atoms with Crippen LogP contribution in [0.25, 0.3) is 10.9 Å². The Morgan fingerprint density at radius 2 is 2.20 bits per heavy atom. The molecule has 0 saturated carbocycles. The summed E-state index contributed by atoms with van der Waals surface area (Å²) in [6.07, 6.45) is 2.02. The van der Waals surface area contributed by atoms with E-state index in [1.807, 2.05) is 12.3 Å². The van der Waals surface area contributed by atoms with Gasteiger partial charge in [0.05, 0.1) is 6.61 Å². The molecule has 80 valence electrons. The van der Waals surface area contributed by atoms with Crippen molar-refractivity contribution in [2.45, 2.75) is 6.92 Å². The molecule has 1 aromatic carbocycles. The summed E-state index contributed by atoms with van der Waals surface area (Å²) in [5.41, 5.74) is 1.21. The molecule has 0 aliphatic heterocycles. The summed E-state index contributed by atoms with van der Waals surface area (Å²) < 4.78 is 5.44. The average molecular weight is 317 g/mol. The van der Waals surface area contributed by atoms with Crippen molar-refractivity contribution >= 4 is 40.0 Å². The number of aromatic nitrogens is 1. The second-order valence-corrected chi connectivity index (χ2v) is 3.90. The number of fused-ring (bicyclic) bond motifs is 1. The van der Waals surface area contributed by atoms with Crippen LogP contribution < -0.4 is 0 Å². The van der Waals surface area contributed by atoms with Crippen molar-refractivity contribution in [2.75, 3.05) is 6.61 Å². The molecular weight excluding hydrogens is 305 g/mol. The van der Waals surface area contributed by atoms with Crippen LogP contribution >= 0.6 is 22.6 Å². The van der Waals surface area contributed by atoms with Crippen LogP contribution in [-0.2, 0) is 9.53 Å². The molecule has 0 radical (unpaired) electrons. The number of nitrogens with one attached hydrogen (secondary N) is 1. The van der Waals surface area contributed by atoms with Gasteiger partial charge >= 0.3 is 0 Å². The first-order valence-electron chi connectivity index (χ1n) is 4.56. The summed E-state index contributed by atoms with van der Waals surface area (Å²) in [6, 6.07) is 8.29. The number of benzene rings is 1. The minimum Gasteiger partial charge on any atom is -0.468 e. The number of ether oxygens (including phenoxy) is 1. The van der Waals surface area contributed by atoms with Crippen LogP contribution in [0, 0.1) is 3.57 Å². The van der Waals surface area contributed by atoms with E-state index in [4.69, 9.17) is 0 Å². The first-order valence-corrected chi connectivity index (χ1v) is 5.64. The topological polar surface area (TPSA) is 42.1 Å². The Balaban J connectivity index is 0.000000195. The van der Waals surface area contributed by atoms with Gasteiger partial charge in [-0.05, 0) is 35.6 Å². The van der Waals surface area contributed by atoms with Crippen molar-refractivity contribution in [2.24, 2.45) is 0 Å². The average Bonchev–Trinajstić information content (AvgIpc) is 2.64. The molecule has 0 amide bonds. The van der Waals surface area contributed by atoms with Gasteiger partial charge in [-0.3, -0.25) is 4.79 Å². The van der Waals surface area contributed by atoms with Gasteiger partial charge in [-0.15, -0.1) is 0 Å². The Hall–Kier alpha value is -1.04. The number of halogens is 1. The zero-order valence-corrected chi connectivity index (χ0v) is 10.5. The summed E-state index contributed by atoms with van der Waals surface area (Å²) in [6.45, 7) is 2.66. The molecule has 0 aliphatic rings. The van der Waals surface area contributed by atoms with Crippen LogP contribution in [0.4, 0.5) is 0 Å². The number of H-pyrrole nitrogens is 1. The molecule has 4 heteroatoms. The second-order valence-electron chi connectivity index (χ2n) is 2.73. The molecule has 0 atom stereocenters. The van der Waals surface area contributed by atoms with Crippen LogP contribution in [0.1, 0.15) is 6.92 Å². The van der Waals surface area contributed by atoms with Crippen LogP contribution in [0.3, 0.4) is 0 Å². The van der Waals surface area contributed by atoms with Crippen LogP contribution in [-0.4, -0.2) is 18.1 Å². The molecule has 0 aliphatic carbocycles. The van der Waals surface area contributed by atoms with Crippen molar-refractivity contribution < 1.29 is 9.53 Å². The third-order valence-electron chi connectivity index (χ3n) is 1.77. The smallest absolute Gasteiger partial charge is 0.293 e. The summed E-state index contributed by atoms with van der Waals surface area (Å²) in [5, 5.41) is 1.31. The minimum atomic E-state index is 0.431. The standard InChI is InChI=1S/C8H6IN.C3H6O2/c9-7-5-10-8-4-2-1-3-6(7)8;1-2-5-3-4/h1-5,10H;3H,2H2,1H3. The van der Waals surface area contributed by atoms with E-state index in [0.717, 1.165) is 0 Å². The number of hydrogen-bond donors (Lipinski definition) is 1. The van der Waals surface area contributed by atoms with Crippen molar-refractivity contribution in [3.05, 3.63) is 34.0 Å². The summed E-state index contributed by atoms with van der Waals surface area (Å²) in [5.74, 6) is 0. The predicted octanol–water partition coefficient (Wildman–Crippen LogP) is 2.95. The summed E-state index contributed by atoms with van der Waals surface area (Å²) in [7, 11) is 0. The lowest BCUT2D eigenvalue weighted by Gasteiger charge is -1.85. The lowest BCUT2D eigenvalue weighted by atomic mass is 10.3. The van der Waals surface area contributed by atoms with Gasteiger partial charge in [-0.25, -0.2) is 0 Å². The van der Waals surface area contributed by atoms with Crippen LogP contribution in [0.5, 0.6) is 0 Å². The van der Waals surface area contributed by atoms with Gasteiger partial charge in [-0.1, -0.05) is 18.2 Å². The van der Waals surface area contributed by atoms with Gasteiger partial charge in [0.15, 0.2) is 0 Å². The van der Waals surface area contributed by atoms with Crippen molar-refractivity contribution in [3.63, 3.8) is 0 Å². The maximum absolute atomic E-state index is 9.18. The fraction of sp³-hybridized carbons (Fsp3) is 0.182. The highest BCUT2D eigenvalue weighted by Gasteiger charge is 1.95. The van der Waals surface area contributed by atoms with E-state index in [9.17, 15) is 4.79 Å². The van der Waals surface area contributed by atoms with Crippen molar-refractivity contribution in [3.8, 4) is 0 Å². The Bertz CT molecular complexity index is 425. The van der Waals surface area contributed by atoms with E-state index in [1.165, 1.54) is 14.5 Å². The maximum atomic E-state index is 9.18. The SMILES string of the molecule is CCOC=O.Ic1c[nH]c2ccccc12. The van der Waals surface area contributed by atoms with Gasteiger partial charge in [0.25, 0.3) is 6.47 Å². The van der Waals surface area contributed by atoms with Gasteiger partial charge in [-0.2, -0.15) is 0 Å². The largest absolute Gasteiger partial charge is 0.468 e. The monoisotopic (exact) mass is 317 g/mol. The molecule has 0 saturated heterocycles. The molecule has 1 aromatic heterocycles. The van der Waals surface area contributed by atoms with Crippen molar-refractivity contribution in [1.82, 2.24) is 4.98 Å². The number of carbonyl (C=O) groups excluding carboxylic acids is 1. The van der Waals surface area contributed by atoms with Crippen LogP contribution in [0.2, 0.25) is 0 Å². The molecule has 2 aromatic rings. The first kappa shape index (κ1) is 12.0. The Labute approximate surface area is 102 Å². The molecule has 1 N–H and O–H groups in total. The van der Waals surface area contributed by atoms with Gasteiger partial charge in [0.2, 0.25) is 0 Å². The van der Waals surface area contributed by atoms with Gasteiger partial charge in [0, 0.05) is 20.7 Å². The fourth-order valence-corrected chi connectivity index (χ4v) is 1.73. The van der Waals surface area contributed by atoms with Gasteiger partial charge < -0.3 is 9.72 Å². The zero-order chi connectivity index (χ0) is 11.1. The number of aromatic amines is 1. The van der Waals surface area contributed by atoms with E-state index in [0.29, 0.717) is 13.1 Å². The third kappa shape index (κ3) is 3.54. The molecule has 0 fully saturated rings. The third-order valence-corrected chi connectivity index (χ3v) is 2.67. The Kier molecular flexibility index (Phi) is 5.17. The van der Waals surface area contributed by atoms with E-state index in [-0.39, 0.29) is 0 Å². The number of para-hydroxylation sites is 1. The Morgan fingerprint density at radius 3 is 2.73 bits per heavy atom. The molecule has 0 unspecified atom stereocenters. The van der Waals surface area contributed by atoms with E-state index >= 15 is 0 Å². The summed E-state index contributed by atoms with van der Waals surface area (Å²) in [4.78, 5) is 12.4. The van der Waals surface area contributed by atoms with Gasteiger partial charge in [0.1, 0.15) is 0 Å². The number of carbonyl (C=O) groups is 1. The van der Waals surface area contributed by atoms with Crippen molar-refractivity contribution in [1.29, 1.82) is 0 Å². The fourth-order valence-electron chi connectivity index (χ4n) is 1.10. The molecule has 0 bridgehead atoms. The Morgan fingerprint density at radius 1 is 1.47 bits per heavy atom. The highest BCUT2D eigenvalue weighted by molar-refractivity contribution is 14.1. The molecule has 2 rings (SSSR count). The molecule has 3 nitrogen and oxygen atoms in total. The van der Waals surface area contributed by atoms with E-state index in [1.54, 1.807) is 6.92 Å². The lowest BCUT2D eigenvalue weighted by Crippen LogP contribution is -1.80.